The number of hydrogen-bond acceptors (Lipinski definition) is 4. The van der Waals surface area contributed by atoms with E-state index in [2.05, 4.69) is 21.0 Å². The average Bonchev–Trinajstić information content (AvgIpc) is 2.57. The van der Waals surface area contributed by atoms with Crippen LogP contribution in [0.2, 0.25) is 0 Å². The minimum absolute atomic E-state index is 0.247. The maximum atomic E-state index is 9.81. The molecule has 0 spiro atoms. The maximum absolute atomic E-state index is 9.81. The molecule has 0 aliphatic carbocycles. The molecule has 1 atom stereocenters. The molecule has 0 aliphatic heterocycles. The molecule has 0 aromatic carbocycles. The summed E-state index contributed by atoms with van der Waals surface area (Å²) < 4.78 is 12.3. The average molecular weight is 279 g/mol. The third-order valence-corrected chi connectivity index (χ3v) is 2.59. The number of halogens is 1. The van der Waals surface area contributed by atoms with Crippen LogP contribution >= 0.6 is 15.9 Å². The van der Waals surface area contributed by atoms with Gasteiger partial charge in [-0.2, -0.15) is 5.10 Å². The van der Waals surface area contributed by atoms with Gasteiger partial charge in [-0.25, -0.2) is 0 Å². The summed E-state index contributed by atoms with van der Waals surface area (Å²) in [5.41, 5.74) is 0.717. The van der Waals surface area contributed by atoms with Crippen LogP contribution in [0.5, 0.6) is 0 Å². The Kier molecular flexibility index (Phi) is 5.24. The van der Waals surface area contributed by atoms with Crippen molar-refractivity contribution in [2.45, 2.75) is 12.6 Å². The summed E-state index contributed by atoms with van der Waals surface area (Å²) in [5.74, 6) is 0. The number of hydrogen-bond donors (Lipinski definition) is 1. The van der Waals surface area contributed by atoms with Gasteiger partial charge in [-0.1, -0.05) is 0 Å². The van der Waals surface area contributed by atoms with Gasteiger partial charge < -0.3 is 14.6 Å². The molecule has 1 aromatic heterocycles. The Morgan fingerprint density at radius 1 is 1.53 bits per heavy atom. The van der Waals surface area contributed by atoms with Crippen LogP contribution in [0.15, 0.2) is 10.7 Å². The second kappa shape index (κ2) is 6.22. The summed E-state index contributed by atoms with van der Waals surface area (Å²) in [6, 6.07) is 0. The first-order chi connectivity index (χ1) is 7.20. The lowest BCUT2D eigenvalue weighted by molar-refractivity contribution is 0.0569. The summed E-state index contributed by atoms with van der Waals surface area (Å²) in [6.07, 6.45) is 0.980. The van der Waals surface area contributed by atoms with E-state index in [9.17, 15) is 5.11 Å². The van der Waals surface area contributed by atoms with E-state index >= 15 is 0 Å². The van der Waals surface area contributed by atoms with Gasteiger partial charge in [-0.3, -0.25) is 4.68 Å². The molecule has 15 heavy (non-hydrogen) atoms. The number of aliphatic hydroxyl groups excluding tert-OH is 1. The quantitative estimate of drug-likeness (QED) is 0.843. The summed E-state index contributed by atoms with van der Waals surface area (Å²) in [7, 11) is 3.18. The molecule has 1 unspecified atom stereocenters. The van der Waals surface area contributed by atoms with E-state index in [-0.39, 0.29) is 6.61 Å². The van der Waals surface area contributed by atoms with E-state index in [0.717, 1.165) is 4.47 Å². The fourth-order valence-electron chi connectivity index (χ4n) is 1.30. The first kappa shape index (κ1) is 12.6. The van der Waals surface area contributed by atoms with Crippen molar-refractivity contribution in [3.8, 4) is 0 Å². The second-order valence-corrected chi connectivity index (χ2v) is 3.92. The highest BCUT2D eigenvalue weighted by atomic mass is 79.9. The van der Waals surface area contributed by atoms with Crippen LogP contribution in [-0.2, 0) is 16.0 Å². The van der Waals surface area contributed by atoms with Crippen molar-refractivity contribution in [3.63, 3.8) is 0 Å². The van der Waals surface area contributed by atoms with Gasteiger partial charge in [0.2, 0.25) is 0 Å². The third kappa shape index (κ3) is 3.27. The summed E-state index contributed by atoms with van der Waals surface area (Å²) >= 11 is 3.34. The lowest BCUT2D eigenvalue weighted by Crippen LogP contribution is -2.15. The molecule has 0 radical (unpaired) electrons. The topological polar surface area (TPSA) is 56.5 Å². The third-order valence-electron chi connectivity index (χ3n) is 1.98. The van der Waals surface area contributed by atoms with Gasteiger partial charge in [0.1, 0.15) is 6.10 Å². The molecule has 1 aromatic rings. The molecule has 0 saturated heterocycles. The Morgan fingerprint density at radius 2 is 2.27 bits per heavy atom. The van der Waals surface area contributed by atoms with Gasteiger partial charge >= 0.3 is 0 Å². The molecule has 6 heteroatoms. The fourth-order valence-corrected chi connectivity index (χ4v) is 1.86. The van der Waals surface area contributed by atoms with E-state index < -0.39 is 6.10 Å². The molecule has 5 nitrogen and oxygen atoms in total. The first-order valence-electron chi connectivity index (χ1n) is 4.57. The van der Waals surface area contributed by atoms with E-state index in [1.165, 1.54) is 0 Å². The fraction of sp³-hybridized carbons (Fsp3) is 0.667. The molecule has 0 amide bonds. The Bertz CT molecular complexity index is 304. The normalized spacial score (nSPS) is 13.1. The maximum Gasteiger partial charge on any atom is 0.120 e. The van der Waals surface area contributed by atoms with Gasteiger partial charge in [-0.05, 0) is 15.9 Å². The second-order valence-electron chi connectivity index (χ2n) is 3.06. The monoisotopic (exact) mass is 278 g/mol. The van der Waals surface area contributed by atoms with Crippen LogP contribution < -0.4 is 0 Å². The van der Waals surface area contributed by atoms with Crippen molar-refractivity contribution in [2.24, 2.45) is 0 Å². The zero-order valence-corrected chi connectivity index (χ0v) is 10.4. The van der Waals surface area contributed by atoms with Gasteiger partial charge in [0.05, 0.1) is 36.1 Å². The van der Waals surface area contributed by atoms with Crippen molar-refractivity contribution < 1.29 is 14.6 Å². The summed E-state index contributed by atoms with van der Waals surface area (Å²) in [5, 5.41) is 13.9. The minimum atomic E-state index is -0.677. The molecule has 0 fully saturated rings. The Morgan fingerprint density at radius 3 is 2.87 bits per heavy atom. The highest BCUT2D eigenvalue weighted by molar-refractivity contribution is 9.10. The molecule has 0 bridgehead atoms. The van der Waals surface area contributed by atoms with Crippen LogP contribution in [0.4, 0.5) is 0 Å². The van der Waals surface area contributed by atoms with Crippen LogP contribution in [0.3, 0.4) is 0 Å². The SMILES string of the molecule is COCCn1ncc(Br)c1C(O)COC. The van der Waals surface area contributed by atoms with Gasteiger partial charge in [0, 0.05) is 14.2 Å². The molecule has 0 aliphatic rings. The lowest BCUT2D eigenvalue weighted by Gasteiger charge is -2.13. The summed E-state index contributed by atoms with van der Waals surface area (Å²) in [6.45, 7) is 1.41. The van der Waals surface area contributed by atoms with E-state index in [4.69, 9.17) is 9.47 Å². The molecule has 1 rings (SSSR count). The van der Waals surface area contributed by atoms with Crippen LogP contribution in [0, 0.1) is 0 Å². The van der Waals surface area contributed by atoms with Gasteiger partial charge in [0.25, 0.3) is 0 Å². The number of aliphatic hydroxyl groups is 1. The molecule has 86 valence electrons. The molecular formula is C9H15BrN2O3. The van der Waals surface area contributed by atoms with E-state index in [1.54, 1.807) is 25.1 Å². The zero-order chi connectivity index (χ0) is 11.3. The standard InChI is InChI=1S/C9H15BrN2O3/c1-14-4-3-12-9(7(10)5-11-12)8(13)6-15-2/h5,8,13H,3-4,6H2,1-2H3. The smallest absolute Gasteiger partial charge is 0.120 e. The molecular weight excluding hydrogens is 264 g/mol. The number of ether oxygens (including phenoxy) is 2. The van der Waals surface area contributed by atoms with Crippen LogP contribution in [-0.4, -0.2) is 42.3 Å². The number of rotatable bonds is 6. The molecule has 1 heterocycles. The minimum Gasteiger partial charge on any atom is -0.384 e. The number of methoxy groups -OCH3 is 2. The lowest BCUT2D eigenvalue weighted by atomic mass is 10.2. The highest BCUT2D eigenvalue weighted by Gasteiger charge is 2.17. The first-order valence-corrected chi connectivity index (χ1v) is 5.37. The highest BCUT2D eigenvalue weighted by Crippen LogP contribution is 2.23. The molecule has 1 N–H and O–H groups in total. The summed E-state index contributed by atoms with van der Waals surface area (Å²) in [4.78, 5) is 0. The predicted octanol–water partition coefficient (Wildman–Crippen LogP) is 0.972. The van der Waals surface area contributed by atoms with Crippen LogP contribution in [0.25, 0.3) is 0 Å². The van der Waals surface area contributed by atoms with E-state index in [0.29, 0.717) is 18.8 Å². The number of nitrogens with zero attached hydrogens (tertiary/aromatic N) is 2. The van der Waals surface area contributed by atoms with Crippen molar-refractivity contribution in [3.05, 3.63) is 16.4 Å². The van der Waals surface area contributed by atoms with Gasteiger partial charge in [-0.15, -0.1) is 0 Å². The Hall–Kier alpha value is -0.430. The zero-order valence-electron chi connectivity index (χ0n) is 8.81. The van der Waals surface area contributed by atoms with Crippen LogP contribution in [0.1, 0.15) is 11.8 Å². The largest absolute Gasteiger partial charge is 0.384 e. The van der Waals surface area contributed by atoms with E-state index in [1.807, 2.05) is 0 Å². The Labute approximate surface area is 97.1 Å². The van der Waals surface area contributed by atoms with Crippen molar-refractivity contribution in [1.29, 1.82) is 0 Å². The number of aromatic nitrogens is 2. The van der Waals surface area contributed by atoms with Crippen molar-refractivity contribution in [1.82, 2.24) is 9.78 Å². The molecule has 0 saturated carbocycles. The predicted molar refractivity (Wildman–Crippen MR) is 58.6 cm³/mol. The van der Waals surface area contributed by atoms with Crippen molar-refractivity contribution >= 4 is 15.9 Å². The Balaban J connectivity index is 2.78. The van der Waals surface area contributed by atoms with Crippen molar-refractivity contribution in [2.75, 3.05) is 27.4 Å². The van der Waals surface area contributed by atoms with Gasteiger partial charge in [0.15, 0.2) is 0 Å².